The van der Waals surface area contributed by atoms with Crippen LogP contribution >= 0.6 is 0 Å². The Bertz CT molecular complexity index is 175. The highest BCUT2D eigenvalue weighted by molar-refractivity contribution is 5.75. The van der Waals surface area contributed by atoms with Crippen LogP contribution in [0.5, 0.6) is 0 Å². The number of nitrogens with zero attached hydrogens (tertiary/aromatic N) is 1. The molecule has 13 heavy (non-hydrogen) atoms. The van der Waals surface area contributed by atoms with Crippen LogP contribution in [0.2, 0.25) is 0 Å². The first-order chi connectivity index (χ1) is 6.29. The third kappa shape index (κ3) is 2.57. The summed E-state index contributed by atoms with van der Waals surface area (Å²) in [4.78, 5) is 12.9. The molecule has 1 heterocycles. The Labute approximate surface area is 78.4 Å². The molecule has 0 radical (unpaired) electrons. The fourth-order valence-electron chi connectivity index (χ4n) is 1.22. The second-order valence-electron chi connectivity index (χ2n) is 2.93. The maximum atomic E-state index is 11.2. The van der Waals surface area contributed by atoms with Gasteiger partial charge in [-0.3, -0.25) is 10.3 Å². The Hall–Kier alpha value is -0.810. The van der Waals surface area contributed by atoms with Gasteiger partial charge in [-0.1, -0.05) is 13.3 Å². The van der Waals surface area contributed by atoms with Crippen LogP contribution in [0.1, 0.15) is 26.7 Å². The van der Waals surface area contributed by atoms with E-state index in [1.807, 2.05) is 6.92 Å². The lowest BCUT2D eigenvalue weighted by molar-refractivity contribution is -0.0329. The van der Waals surface area contributed by atoms with Crippen molar-refractivity contribution >= 4 is 6.03 Å². The van der Waals surface area contributed by atoms with Gasteiger partial charge < -0.3 is 4.74 Å². The van der Waals surface area contributed by atoms with Crippen molar-refractivity contribution in [2.45, 2.75) is 33.0 Å². The summed E-state index contributed by atoms with van der Waals surface area (Å²) in [6, 6.07) is -0.105. The molecule has 2 N–H and O–H groups in total. The SMILES string of the molecule is CCCCN1C(=O)NNC1OCC. The zero-order chi connectivity index (χ0) is 9.68. The Morgan fingerprint density at radius 3 is 2.92 bits per heavy atom. The molecule has 1 saturated heterocycles. The van der Waals surface area contributed by atoms with Gasteiger partial charge in [0.1, 0.15) is 0 Å². The Morgan fingerprint density at radius 2 is 2.31 bits per heavy atom. The van der Waals surface area contributed by atoms with Gasteiger partial charge in [0, 0.05) is 13.2 Å². The van der Waals surface area contributed by atoms with Gasteiger partial charge in [0.25, 0.3) is 0 Å². The van der Waals surface area contributed by atoms with E-state index in [9.17, 15) is 4.79 Å². The quantitative estimate of drug-likeness (QED) is 0.664. The molecule has 0 spiro atoms. The third-order valence-corrected chi connectivity index (χ3v) is 1.92. The van der Waals surface area contributed by atoms with Gasteiger partial charge in [0.2, 0.25) is 6.35 Å². The second kappa shape index (κ2) is 5.04. The van der Waals surface area contributed by atoms with E-state index in [0.717, 1.165) is 19.4 Å². The number of carbonyl (C=O) groups is 1. The van der Waals surface area contributed by atoms with Crippen LogP contribution in [0.15, 0.2) is 0 Å². The molecule has 5 nitrogen and oxygen atoms in total. The average Bonchev–Trinajstić information content (AvgIpc) is 2.45. The van der Waals surface area contributed by atoms with Crippen LogP contribution in [0, 0.1) is 0 Å². The first-order valence-electron chi connectivity index (χ1n) is 4.73. The van der Waals surface area contributed by atoms with Crippen LogP contribution in [-0.2, 0) is 4.74 Å². The predicted octanol–water partition coefficient (Wildman–Crippen LogP) is 0.636. The molecule has 0 saturated carbocycles. The minimum absolute atomic E-state index is 0.105. The molecule has 1 atom stereocenters. The van der Waals surface area contributed by atoms with E-state index in [1.165, 1.54) is 0 Å². The monoisotopic (exact) mass is 187 g/mol. The smallest absolute Gasteiger partial charge is 0.334 e. The van der Waals surface area contributed by atoms with Gasteiger partial charge in [-0.2, -0.15) is 5.43 Å². The lowest BCUT2D eigenvalue weighted by Crippen LogP contribution is -2.40. The molecular weight excluding hydrogens is 170 g/mol. The van der Waals surface area contributed by atoms with Gasteiger partial charge >= 0.3 is 6.03 Å². The standard InChI is InChI=1S/C8H17N3O2/c1-3-5-6-11-7(12)9-10-8(11)13-4-2/h8,10H,3-6H2,1-2H3,(H,9,12). The molecule has 1 aliphatic rings. The molecule has 0 aliphatic carbocycles. The Kier molecular flexibility index (Phi) is 3.98. The number of carbonyl (C=O) groups excluding carboxylic acids is 1. The average molecular weight is 187 g/mol. The Balaban J connectivity index is 2.40. The molecule has 1 unspecified atom stereocenters. The molecule has 0 aromatic carbocycles. The van der Waals surface area contributed by atoms with Crippen LogP contribution < -0.4 is 10.9 Å². The van der Waals surface area contributed by atoms with E-state index in [2.05, 4.69) is 17.8 Å². The van der Waals surface area contributed by atoms with Crippen molar-refractivity contribution < 1.29 is 9.53 Å². The fraction of sp³-hybridized carbons (Fsp3) is 0.875. The summed E-state index contributed by atoms with van der Waals surface area (Å²) in [6.07, 6.45) is 1.77. The number of urea groups is 1. The number of hydrazine groups is 1. The Morgan fingerprint density at radius 1 is 1.54 bits per heavy atom. The van der Waals surface area contributed by atoms with E-state index in [1.54, 1.807) is 4.90 Å². The normalized spacial score (nSPS) is 22.2. The maximum Gasteiger partial charge on any atom is 0.334 e. The van der Waals surface area contributed by atoms with E-state index in [0.29, 0.717) is 6.61 Å². The van der Waals surface area contributed by atoms with Crippen molar-refractivity contribution in [1.29, 1.82) is 0 Å². The second-order valence-corrected chi connectivity index (χ2v) is 2.93. The third-order valence-electron chi connectivity index (χ3n) is 1.92. The number of ether oxygens (including phenoxy) is 1. The maximum absolute atomic E-state index is 11.2. The lowest BCUT2D eigenvalue weighted by atomic mass is 10.3. The van der Waals surface area contributed by atoms with Crippen molar-refractivity contribution in [1.82, 2.24) is 15.8 Å². The lowest BCUT2D eigenvalue weighted by Gasteiger charge is -2.21. The van der Waals surface area contributed by atoms with Crippen molar-refractivity contribution in [3.05, 3.63) is 0 Å². The van der Waals surface area contributed by atoms with Gasteiger partial charge in [-0.05, 0) is 13.3 Å². The highest BCUT2D eigenvalue weighted by Crippen LogP contribution is 2.06. The number of nitrogens with one attached hydrogen (secondary N) is 2. The number of hydrogen-bond acceptors (Lipinski definition) is 3. The van der Waals surface area contributed by atoms with Gasteiger partial charge in [0.05, 0.1) is 0 Å². The van der Waals surface area contributed by atoms with Crippen molar-refractivity contribution in [3.63, 3.8) is 0 Å². The zero-order valence-electron chi connectivity index (χ0n) is 8.17. The fourth-order valence-corrected chi connectivity index (χ4v) is 1.22. The number of hydrogen-bond donors (Lipinski definition) is 2. The summed E-state index contributed by atoms with van der Waals surface area (Å²) in [7, 11) is 0. The largest absolute Gasteiger partial charge is 0.344 e. The number of unbranched alkanes of at least 4 members (excludes halogenated alkanes) is 1. The van der Waals surface area contributed by atoms with Crippen LogP contribution in [0.3, 0.4) is 0 Å². The van der Waals surface area contributed by atoms with Crippen LogP contribution in [0.4, 0.5) is 4.79 Å². The van der Waals surface area contributed by atoms with Gasteiger partial charge in [0.15, 0.2) is 0 Å². The number of amides is 2. The molecule has 1 fully saturated rings. The first kappa shape index (κ1) is 10.3. The van der Waals surface area contributed by atoms with Crippen molar-refractivity contribution in [2.75, 3.05) is 13.2 Å². The van der Waals surface area contributed by atoms with Crippen molar-refractivity contribution in [3.8, 4) is 0 Å². The van der Waals surface area contributed by atoms with E-state index < -0.39 is 0 Å². The highest BCUT2D eigenvalue weighted by Gasteiger charge is 2.29. The van der Waals surface area contributed by atoms with Crippen LogP contribution in [-0.4, -0.2) is 30.4 Å². The molecule has 0 bridgehead atoms. The minimum atomic E-state index is -0.302. The topological polar surface area (TPSA) is 53.6 Å². The summed E-state index contributed by atoms with van der Waals surface area (Å²) in [5.74, 6) is 0. The summed E-state index contributed by atoms with van der Waals surface area (Å²) in [5.41, 5.74) is 5.30. The molecule has 0 aromatic heterocycles. The molecule has 1 rings (SSSR count). The summed E-state index contributed by atoms with van der Waals surface area (Å²) in [6.45, 7) is 5.33. The first-order valence-corrected chi connectivity index (χ1v) is 4.73. The van der Waals surface area contributed by atoms with Gasteiger partial charge in [-0.25, -0.2) is 4.79 Å². The van der Waals surface area contributed by atoms with Crippen LogP contribution in [0.25, 0.3) is 0 Å². The molecule has 1 aliphatic heterocycles. The zero-order valence-corrected chi connectivity index (χ0v) is 8.17. The van der Waals surface area contributed by atoms with E-state index in [4.69, 9.17) is 4.74 Å². The molecule has 5 heteroatoms. The molecule has 0 aromatic rings. The van der Waals surface area contributed by atoms with Gasteiger partial charge in [-0.15, -0.1) is 0 Å². The highest BCUT2D eigenvalue weighted by atomic mass is 16.5. The minimum Gasteiger partial charge on any atom is -0.344 e. The van der Waals surface area contributed by atoms with E-state index >= 15 is 0 Å². The summed E-state index contributed by atoms with van der Waals surface area (Å²) >= 11 is 0. The molecular formula is C8H17N3O2. The number of rotatable bonds is 5. The van der Waals surface area contributed by atoms with E-state index in [-0.39, 0.29) is 12.4 Å². The predicted molar refractivity (Wildman–Crippen MR) is 48.7 cm³/mol. The van der Waals surface area contributed by atoms with Crippen molar-refractivity contribution in [2.24, 2.45) is 0 Å². The summed E-state index contributed by atoms with van der Waals surface area (Å²) < 4.78 is 5.31. The summed E-state index contributed by atoms with van der Waals surface area (Å²) in [5, 5.41) is 0. The molecule has 2 amide bonds. The molecule has 76 valence electrons.